The van der Waals surface area contributed by atoms with Crippen molar-refractivity contribution in [3.05, 3.63) is 65.2 Å². The predicted molar refractivity (Wildman–Crippen MR) is 81.3 cm³/mol. The first-order chi connectivity index (χ1) is 11.2. The lowest BCUT2D eigenvalue weighted by atomic mass is 10.1. The summed E-state index contributed by atoms with van der Waals surface area (Å²) in [5.41, 5.74) is -0.870. The van der Waals surface area contributed by atoms with Gasteiger partial charge in [0.15, 0.2) is 0 Å². The van der Waals surface area contributed by atoms with Crippen molar-refractivity contribution in [3.8, 4) is 6.07 Å². The highest BCUT2D eigenvalue weighted by Crippen LogP contribution is 2.32. The second-order valence-corrected chi connectivity index (χ2v) is 7.10. The standard InChI is InChI=1S/C16H13F3N2O2S/c1-21(11-13-6-2-3-8-15(13)16(17,18)19)24(22,23)14-7-4-5-12(9-14)10-20/h2-9H,11H2,1H3. The normalized spacial score (nSPS) is 12.2. The van der Waals surface area contributed by atoms with E-state index in [0.717, 1.165) is 10.4 Å². The summed E-state index contributed by atoms with van der Waals surface area (Å²) in [5, 5.41) is 8.84. The van der Waals surface area contributed by atoms with Crippen molar-refractivity contribution in [2.45, 2.75) is 17.6 Å². The molecular weight excluding hydrogens is 341 g/mol. The third-order valence-corrected chi connectivity index (χ3v) is 5.19. The molecule has 0 aromatic heterocycles. The molecule has 2 aromatic carbocycles. The fraction of sp³-hybridized carbons (Fsp3) is 0.188. The fourth-order valence-corrected chi connectivity index (χ4v) is 3.36. The van der Waals surface area contributed by atoms with Gasteiger partial charge in [0.2, 0.25) is 10.0 Å². The van der Waals surface area contributed by atoms with Crippen LogP contribution < -0.4 is 0 Å². The van der Waals surface area contributed by atoms with E-state index in [1.165, 1.54) is 49.5 Å². The average Bonchev–Trinajstić information content (AvgIpc) is 2.54. The summed E-state index contributed by atoms with van der Waals surface area (Å²) in [6.07, 6.45) is -4.57. The number of nitrogens with zero attached hydrogens (tertiary/aromatic N) is 2. The van der Waals surface area contributed by atoms with Gasteiger partial charge in [-0.2, -0.15) is 22.7 Å². The minimum absolute atomic E-state index is 0.145. The molecule has 0 aliphatic heterocycles. The zero-order valence-corrected chi connectivity index (χ0v) is 13.4. The number of hydrogen-bond acceptors (Lipinski definition) is 3. The summed E-state index contributed by atoms with van der Waals surface area (Å²) in [7, 11) is -2.82. The van der Waals surface area contributed by atoms with Gasteiger partial charge in [-0.3, -0.25) is 0 Å². The van der Waals surface area contributed by atoms with Gasteiger partial charge in [-0.25, -0.2) is 8.42 Å². The van der Waals surface area contributed by atoms with E-state index in [-0.39, 0.29) is 16.0 Å². The van der Waals surface area contributed by atoms with E-state index in [1.54, 1.807) is 0 Å². The summed E-state index contributed by atoms with van der Waals surface area (Å²) in [5.74, 6) is 0. The molecule has 0 aliphatic carbocycles. The SMILES string of the molecule is CN(Cc1ccccc1C(F)(F)F)S(=O)(=O)c1cccc(C#N)c1. The van der Waals surface area contributed by atoms with Crippen molar-refractivity contribution < 1.29 is 21.6 Å². The number of sulfonamides is 1. The molecule has 0 heterocycles. The van der Waals surface area contributed by atoms with Crippen LogP contribution in [0.15, 0.2) is 53.4 Å². The molecule has 0 bridgehead atoms. The second kappa shape index (κ2) is 6.63. The van der Waals surface area contributed by atoms with Crippen LogP contribution in [0.25, 0.3) is 0 Å². The van der Waals surface area contributed by atoms with E-state index in [1.807, 2.05) is 6.07 Å². The molecular formula is C16H13F3N2O2S. The Labute approximate surface area is 137 Å². The minimum Gasteiger partial charge on any atom is -0.207 e. The van der Waals surface area contributed by atoms with Crippen LogP contribution in [0.4, 0.5) is 13.2 Å². The van der Waals surface area contributed by atoms with Crippen molar-refractivity contribution >= 4 is 10.0 Å². The van der Waals surface area contributed by atoms with E-state index >= 15 is 0 Å². The van der Waals surface area contributed by atoms with E-state index in [9.17, 15) is 21.6 Å². The van der Waals surface area contributed by atoms with Crippen LogP contribution >= 0.6 is 0 Å². The molecule has 0 spiro atoms. The van der Waals surface area contributed by atoms with Crippen molar-refractivity contribution in [2.75, 3.05) is 7.05 Å². The quantitative estimate of drug-likeness (QED) is 0.845. The van der Waals surface area contributed by atoms with Crippen molar-refractivity contribution in [1.82, 2.24) is 4.31 Å². The molecule has 0 saturated heterocycles. The average molecular weight is 354 g/mol. The Bertz CT molecular complexity index is 887. The van der Waals surface area contributed by atoms with E-state index in [4.69, 9.17) is 5.26 Å². The number of benzene rings is 2. The zero-order chi connectivity index (χ0) is 18.0. The van der Waals surface area contributed by atoms with Crippen molar-refractivity contribution in [2.24, 2.45) is 0 Å². The maximum Gasteiger partial charge on any atom is 0.416 e. The van der Waals surface area contributed by atoms with Gasteiger partial charge in [-0.05, 0) is 29.8 Å². The van der Waals surface area contributed by atoms with E-state index in [2.05, 4.69) is 0 Å². The van der Waals surface area contributed by atoms with Crippen LogP contribution in [0.2, 0.25) is 0 Å². The summed E-state index contributed by atoms with van der Waals surface area (Å²) in [6, 6.07) is 12.0. The number of nitriles is 1. The Morgan fingerprint density at radius 3 is 2.42 bits per heavy atom. The molecule has 0 N–H and O–H groups in total. The number of halogens is 3. The molecule has 2 aromatic rings. The van der Waals surface area contributed by atoms with Gasteiger partial charge in [0.25, 0.3) is 0 Å². The zero-order valence-electron chi connectivity index (χ0n) is 12.6. The highest BCUT2D eigenvalue weighted by molar-refractivity contribution is 7.89. The van der Waals surface area contributed by atoms with Gasteiger partial charge in [0.05, 0.1) is 22.1 Å². The highest BCUT2D eigenvalue weighted by atomic mass is 32.2. The lowest BCUT2D eigenvalue weighted by Gasteiger charge is -2.20. The molecule has 0 unspecified atom stereocenters. The highest BCUT2D eigenvalue weighted by Gasteiger charge is 2.34. The van der Waals surface area contributed by atoms with Crippen LogP contribution in [0, 0.1) is 11.3 Å². The van der Waals surface area contributed by atoms with Crippen LogP contribution in [-0.4, -0.2) is 19.8 Å². The fourth-order valence-electron chi connectivity index (χ4n) is 2.17. The largest absolute Gasteiger partial charge is 0.416 e. The summed E-state index contributed by atoms with van der Waals surface area (Å²) >= 11 is 0. The number of hydrogen-bond donors (Lipinski definition) is 0. The Morgan fingerprint density at radius 2 is 1.79 bits per heavy atom. The first kappa shape index (κ1) is 18.0. The number of rotatable bonds is 4. The maximum absolute atomic E-state index is 13.0. The smallest absolute Gasteiger partial charge is 0.207 e. The van der Waals surface area contributed by atoms with Crippen molar-refractivity contribution in [1.29, 1.82) is 5.26 Å². The monoisotopic (exact) mass is 354 g/mol. The van der Waals surface area contributed by atoms with Gasteiger partial charge >= 0.3 is 6.18 Å². The molecule has 0 saturated carbocycles. The Morgan fingerprint density at radius 1 is 1.12 bits per heavy atom. The first-order valence-electron chi connectivity index (χ1n) is 6.78. The van der Waals surface area contributed by atoms with Crippen LogP contribution in [0.5, 0.6) is 0 Å². The van der Waals surface area contributed by atoms with Crippen molar-refractivity contribution in [3.63, 3.8) is 0 Å². The Balaban J connectivity index is 2.36. The molecule has 126 valence electrons. The molecule has 0 radical (unpaired) electrons. The van der Waals surface area contributed by atoms with Gasteiger partial charge in [0, 0.05) is 13.6 Å². The first-order valence-corrected chi connectivity index (χ1v) is 8.22. The molecule has 0 atom stereocenters. The van der Waals surface area contributed by atoms with Gasteiger partial charge in [-0.1, -0.05) is 24.3 Å². The maximum atomic E-state index is 13.0. The Hall–Kier alpha value is -2.37. The summed E-state index contributed by atoms with van der Waals surface area (Å²) in [6.45, 7) is -0.436. The third-order valence-electron chi connectivity index (χ3n) is 3.39. The summed E-state index contributed by atoms with van der Waals surface area (Å²) < 4.78 is 64.9. The molecule has 4 nitrogen and oxygen atoms in total. The molecule has 2 rings (SSSR count). The molecule has 24 heavy (non-hydrogen) atoms. The summed E-state index contributed by atoms with van der Waals surface area (Å²) in [4.78, 5) is -0.145. The van der Waals surface area contributed by atoms with Gasteiger partial charge < -0.3 is 0 Å². The van der Waals surface area contributed by atoms with E-state index in [0.29, 0.717) is 0 Å². The van der Waals surface area contributed by atoms with Gasteiger partial charge in [0.1, 0.15) is 0 Å². The van der Waals surface area contributed by atoms with Crippen LogP contribution in [-0.2, 0) is 22.7 Å². The Kier molecular flexibility index (Phi) is 4.96. The lowest BCUT2D eigenvalue weighted by Crippen LogP contribution is -2.27. The minimum atomic E-state index is -4.57. The van der Waals surface area contributed by atoms with E-state index < -0.39 is 28.3 Å². The molecule has 0 fully saturated rings. The second-order valence-electron chi connectivity index (χ2n) is 5.06. The van der Waals surface area contributed by atoms with Gasteiger partial charge in [-0.15, -0.1) is 0 Å². The molecule has 8 heteroatoms. The van der Waals surface area contributed by atoms with Crippen LogP contribution in [0.3, 0.4) is 0 Å². The third kappa shape index (κ3) is 3.75. The topological polar surface area (TPSA) is 61.2 Å². The predicted octanol–water partition coefficient (Wildman–Crippen LogP) is 3.40. The number of alkyl halides is 3. The van der Waals surface area contributed by atoms with Crippen LogP contribution in [0.1, 0.15) is 16.7 Å². The lowest BCUT2D eigenvalue weighted by molar-refractivity contribution is -0.138. The molecule has 0 aliphatic rings. The molecule has 0 amide bonds.